The lowest BCUT2D eigenvalue weighted by Crippen LogP contribution is -2.39. The zero-order valence-corrected chi connectivity index (χ0v) is 16.6. The summed E-state index contributed by atoms with van der Waals surface area (Å²) in [6, 6.07) is 7.70. The van der Waals surface area contributed by atoms with Gasteiger partial charge in [0.05, 0.1) is 0 Å². The summed E-state index contributed by atoms with van der Waals surface area (Å²) in [4.78, 5) is 23.7. The van der Waals surface area contributed by atoms with Crippen molar-refractivity contribution in [3.63, 3.8) is 0 Å². The predicted octanol–water partition coefficient (Wildman–Crippen LogP) is 3.75. The number of carbonyl (C=O) groups excluding carboxylic acids is 1. The summed E-state index contributed by atoms with van der Waals surface area (Å²) in [6.45, 7) is -0.206. The standard InChI is InChI=1S/C23H21F3N2O3/c24-14-3-6-20-16(10-14)17-11-15(4-7-21(17)28(20)12-23(30)31)27-22(29)8-2-13-1-5-18(25)19(26)9-13/h1,3,5-6,9-10,15H,2,4,7-8,11-12H2,(H,27,29)(H,30,31)/t15-/m0/s1. The molecule has 0 bridgehead atoms. The van der Waals surface area contributed by atoms with Gasteiger partial charge in [0.2, 0.25) is 5.91 Å². The van der Waals surface area contributed by atoms with E-state index in [0.717, 1.165) is 23.4 Å². The van der Waals surface area contributed by atoms with Crippen molar-refractivity contribution in [3.05, 3.63) is 70.7 Å². The zero-order chi connectivity index (χ0) is 22.1. The monoisotopic (exact) mass is 430 g/mol. The lowest BCUT2D eigenvalue weighted by atomic mass is 9.91. The second-order valence-electron chi connectivity index (χ2n) is 7.82. The van der Waals surface area contributed by atoms with Crippen LogP contribution in [-0.2, 0) is 35.4 Å². The fourth-order valence-corrected chi connectivity index (χ4v) is 4.31. The molecule has 0 saturated heterocycles. The molecule has 5 nitrogen and oxygen atoms in total. The van der Waals surface area contributed by atoms with E-state index in [9.17, 15) is 27.9 Å². The molecule has 2 N–H and O–H groups in total. The van der Waals surface area contributed by atoms with Crippen molar-refractivity contribution in [3.8, 4) is 0 Å². The molecule has 162 valence electrons. The molecular formula is C23H21F3N2O3. The summed E-state index contributed by atoms with van der Waals surface area (Å²) in [6.07, 6.45) is 2.07. The summed E-state index contributed by atoms with van der Waals surface area (Å²) in [5, 5.41) is 12.9. The first kappa shape index (κ1) is 21.0. The molecule has 3 aromatic rings. The number of carboxylic acid groups (broad SMARTS) is 1. The maximum atomic E-state index is 13.9. The van der Waals surface area contributed by atoms with Crippen molar-refractivity contribution in [2.24, 2.45) is 0 Å². The first-order chi connectivity index (χ1) is 14.8. The highest BCUT2D eigenvalue weighted by molar-refractivity contribution is 5.87. The van der Waals surface area contributed by atoms with Crippen LogP contribution in [0.25, 0.3) is 10.9 Å². The molecule has 0 spiro atoms. The van der Waals surface area contributed by atoms with Crippen molar-refractivity contribution in [1.29, 1.82) is 0 Å². The van der Waals surface area contributed by atoms with Crippen LogP contribution in [0, 0.1) is 17.5 Å². The van der Waals surface area contributed by atoms with Gasteiger partial charge in [-0.2, -0.15) is 0 Å². The van der Waals surface area contributed by atoms with E-state index in [1.165, 1.54) is 18.2 Å². The predicted molar refractivity (Wildman–Crippen MR) is 108 cm³/mol. The van der Waals surface area contributed by atoms with E-state index in [1.54, 1.807) is 10.6 Å². The molecule has 1 atom stereocenters. The summed E-state index contributed by atoms with van der Waals surface area (Å²) in [7, 11) is 0. The van der Waals surface area contributed by atoms with Gasteiger partial charge in [0.1, 0.15) is 12.4 Å². The highest BCUT2D eigenvalue weighted by Gasteiger charge is 2.27. The third-order valence-electron chi connectivity index (χ3n) is 5.71. The Hall–Kier alpha value is -3.29. The van der Waals surface area contributed by atoms with Gasteiger partial charge in [0, 0.05) is 29.1 Å². The molecule has 0 fully saturated rings. The number of hydrogen-bond acceptors (Lipinski definition) is 2. The Morgan fingerprint density at radius 3 is 2.65 bits per heavy atom. The van der Waals surface area contributed by atoms with Gasteiger partial charge in [-0.1, -0.05) is 6.07 Å². The fourth-order valence-electron chi connectivity index (χ4n) is 4.31. The van der Waals surface area contributed by atoms with Crippen LogP contribution in [0.1, 0.15) is 29.7 Å². The molecule has 1 aliphatic rings. The van der Waals surface area contributed by atoms with E-state index in [-0.39, 0.29) is 31.3 Å². The Morgan fingerprint density at radius 1 is 1.10 bits per heavy atom. The number of carboxylic acids is 1. The third kappa shape index (κ3) is 4.42. The van der Waals surface area contributed by atoms with Gasteiger partial charge < -0.3 is 15.0 Å². The smallest absolute Gasteiger partial charge is 0.323 e. The number of halogens is 3. The number of carbonyl (C=O) groups is 2. The number of amides is 1. The fraction of sp³-hybridized carbons (Fsp3) is 0.304. The Kier molecular flexibility index (Phi) is 5.71. The summed E-state index contributed by atoms with van der Waals surface area (Å²) in [5.74, 6) is -3.46. The van der Waals surface area contributed by atoms with Crippen LogP contribution < -0.4 is 5.32 Å². The maximum Gasteiger partial charge on any atom is 0.323 e. The Labute approximate surface area is 176 Å². The average molecular weight is 430 g/mol. The largest absolute Gasteiger partial charge is 0.480 e. The zero-order valence-electron chi connectivity index (χ0n) is 16.6. The van der Waals surface area contributed by atoms with Crippen molar-refractivity contribution >= 4 is 22.8 Å². The summed E-state index contributed by atoms with van der Waals surface area (Å²) in [5.41, 5.74) is 2.91. The molecule has 1 aliphatic carbocycles. The van der Waals surface area contributed by atoms with Crippen LogP contribution in [0.3, 0.4) is 0 Å². The highest BCUT2D eigenvalue weighted by atomic mass is 19.2. The minimum Gasteiger partial charge on any atom is -0.480 e. The maximum absolute atomic E-state index is 13.9. The first-order valence-electron chi connectivity index (χ1n) is 10.1. The molecule has 31 heavy (non-hydrogen) atoms. The molecular weight excluding hydrogens is 409 g/mol. The normalized spacial score (nSPS) is 15.6. The van der Waals surface area contributed by atoms with E-state index in [0.29, 0.717) is 35.7 Å². The molecule has 0 saturated carbocycles. The number of aryl methyl sites for hydroxylation is 1. The number of hydrogen-bond donors (Lipinski definition) is 2. The third-order valence-corrected chi connectivity index (χ3v) is 5.71. The molecule has 4 rings (SSSR count). The summed E-state index contributed by atoms with van der Waals surface area (Å²) < 4.78 is 41.9. The average Bonchev–Trinajstić information content (AvgIpc) is 3.01. The lowest BCUT2D eigenvalue weighted by molar-refractivity contribution is -0.137. The molecule has 1 heterocycles. The number of aliphatic carboxylic acids is 1. The van der Waals surface area contributed by atoms with Gasteiger partial charge in [0.15, 0.2) is 11.6 Å². The Bertz CT molecular complexity index is 1170. The molecule has 0 radical (unpaired) electrons. The Balaban J connectivity index is 1.47. The van der Waals surface area contributed by atoms with Crippen LogP contribution in [0.4, 0.5) is 13.2 Å². The molecule has 0 unspecified atom stereocenters. The first-order valence-corrected chi connectivity index (χ1v) is 10.1. The van der Waals surface area contributed by atoms with Crippen LogP contribution >= 0.6 is 0 Å². The topological polar surface area (TPSA) is 71.3 Å². The van der Waals surface area contributed by atoms with E-state index in [4.69, 9.17) is 0 Å². The molecule has 2 aromatic carbocycles. The van der Waals surface area contributed by atoms with Gasteiger partial charge in [-0.05, 0) is 67.1 Å². The molecule has 1 aromatic heterocycles. The van der Waals surface area contributed by atoms with Gasteiger partial charge >= 0.3 is 5.97 Å². The molecule has 0 aliphatic heterocycles. The van der Waals surface area contributed by atoms with Gasteiger partial charge in [-0.3, -0.25) is 9.59 Å². The van der Waals surface area contributed by atoms with Crippen LogP contribution in [0.2, 0.25) is 0 Å². The van der Waals surface area contributed by atoms with E-state index in [1.807, 2.05) is 0 Å². The summed E-state index contributed by atoms with van der Waals surface area (Å²) >= 11 is 0. The number of nitrogens with zero attached hydrogens (tertiary/aromatic N) is 1. The van der Waals surface area contributed by atoms with E-state index >= 15 is 0 Å². The Morgan fingerprint density at radius 2 is 1.90 bits per heavy atom. The number of benzene rings is 2. The minimum atomic E-state index is -0.975. The van der Waals surface area contributed by atoms with E-state index < -0.39 is 23.4 Å². The lowest BCUT2D eigenvalue weighted by Gasteiger charge is -2.25. The minimum absolute atomic E-state index is 0.129. The van der Waals surface area contributed by atoms with E-state index in [2.05, 4.69) is 5.32 Å². The number of rotatable bonds is 6. The van der Waals surface area contributed by atoms with Crippen molar-refractivity contribution < 1.29 is 27.9 Å². The molecule has 1 amide bonds. The van der Waals surface area contributed by atoms with Gasteiger partial charge in [-0.25, -0.2) is 13.2 Å². The number of aromatic nitrogens is 1. The quantitative estimate of drug-likeness (QED) is 0.626. The van der Waals surface area contributed by atoms with Crippen molar-refractivity contribution in [1.82, 2.24) is 9.88 Å². The van der Waals surface area contributed by atoms with Crippen LogP contribution in [0.15, 0.2) is 36.4 Å². The number of fused-ring (bicyclic) bond motifs is 3. The molecule has 8 heteroatoms. The SMILES string of the molecule is O=C(O)Cn1c2c(c3cc(F)ccc31)C[C@@H](NC(=O)CCc1ccc(F)c(F)c1)CC2. The van der Waals surface area contributed by atoms with Crippen molar-refractivity contribution in [2.75, 3.05) is 0 Å². The van der Waals surface area contributed by atoms with Crippen molar-refractivity contribution in [2.45, 2.75) is 44.7 Å². The van der Waals surface area contributed by atoms with Gasteiger partial charge in [0.25, 0.3) is 0 Å². The number of nitrogens with one attached hydrogen (secondary N) is 1. The van der Waals surface area contributed by atoms with Gasteiger partial charge in [-0.15, -0.1) is 0 Å². The highest BCUT2D eigenvalue weighted by Crippen LogP contribution is 2.33. The second kappa shape index (κ2) is 8.45. The van der Waals surface area contributed by atoms with Crippen LogP contribution in [0.5, 0.6) is 0 Å². The second-order valence-corrected chi connectivity index (χ2v) is 7.82. The van der Waals surface area contributed by atoms with Crippen LogP contribution in [-0.4, -0.2) is 27.6 Å².